The molecule has 218 valence electrons. The summed E-state index contributed by atoms with van der Waals surface area (Å²) in [6.45, 7) is 6.44. The Hall–Kier alpha value is -2.41. The lowest BCUT2D eigenvalue weighted by atomic mass is 9.94. The molecule has 0 bridgehead atoms. The van der Waals surface area contributed by atoms with Crippen molar-refractivity contribution in [3.63, 3.8) is 0 Å². The third kappa shape index (κ3) is 6.24. The monoisotopic (exact) mass is 593 g/mol. The number of ether oxygens (including phenoxy) is 2. The second-order valence-corrected chi connectivity index (χ2v) is 12.7. The maximum absolute atomic E-state index is 14.1. The van der Waals surface area contributed by atoms with Crippen LogP contribution in [0.3, 0.4) is 0 Å². The van der Waals surface area contributed by atoms with E-state index in [1.807, 2.05) is 28.1 Å². The van der Waals surface area contributed by atoms with Crippen molar-refractivity contribution >= 4 is 26.5 Å². The number of aromatic nitrogens is 2. The molecule has 13 heteroatoms. The standard InChI is InChI=1S/C27H36N3O8PS/c1-15(2)11-17-12-19-16(13-20(17)37-5)8-9-18-22(28-23(29(18)19)21-7-6-10-40-21)24(31)30(26(32,33)39)25(3,4)14-38-27(34,35)36/h6-7,10,12-13,15,32-36H,8-9,11,14,39H2,1-5H3. The Morgan fingerprint density at radius 2 is 1.90 bits per heavy atom. The summed E-state index contributed by atoms with van der Waals surface area (Å²) >= 11 is 1.46. The van der Waals surface area contributed by atoms with E-state index in [0.29, 0.717) is 35.2 Å². The first kappa shape index (κ1) is 30.5. The summed E-state index contributed by atoms with van der Waals surface area (Å²) in [6, 6.07) is 7.89. The van der Waals surface area contributed by atoms with Crippen molar-refractivity contribution in [3.05, 3.63) is 52.2 Å². The maximum Gasteiger partial charge on any atom is 0.405 e. The molecular weight excluding hydrogens is 557 g/mol. The van der Waals surface area contributed by atoms with Crippen molar-refractivity contribution in [3.8, 4) is 22.1 Å². The Balaban J connectivity index is 1.90. The predicted octanol–water partition coefficient (Wildman–Crippen LogP) is 2.20. The number of fused-ring (bicyclic) bond motifs is 3. The number of methoxy groups -OCH3 is 1. The highest BCUT2D eigenvalue weighted by Gasteiger charge is 2.46. The van der Waals surface area contributed by atoms with Gasteiger partial charge in [0.1, 0.15) is 5.75 Å². The van der Waals surface area contributed by atoms with E-state index < -0.39 is 29.9 Å². The van der Waals surface area contributed by atoms with Gasteiger partial charge in [-0.3, -0.25) is 14.3 Å². The fraction of sp³-hybridized carbons (Fsp3) is 0.481. The highest BCUT2D eigenvalue weighted by atomic mass is 32.1. The normalized spacial score (nSPS) is 13.8. The van der Waals surface area contributed by atoms with Gasteiger partial charge in [0, 0.05) is 0 Å². The Bertz CT molecular complexity index is 1370. The number of aryl methyl sites for hydroxylation is 1. The summed E-state index contributed by atoms with van der Waals surface area (Å²) in [6.07, 6.45) is -1.64. The molecule has 0 fully saturated rings. The second kappa shape index (κ2) is 11.1. The van der Waals surface area contributed by atoms with Gasteiger partial charge < -0.3 is 35.0 Å². The predicted molar refractivity (Wildman–Crippen MR) is 152 cm³/mol. The van der Waals surface area contributed by atoms with Crippen LogP contribution in [-0.4, -0.2) is 77.0 Å². The van der Waals surface area contributed by atoms with Gasteiger partial charge in [-0.15, -0.1) is 11.3 Å². The van der Waals surface area contributed by atoms with Crippen molar-refractivity contribution in [2.45, 2.75) is 64.3 Å². The van der Waals surface area contributed by atoms with E-state index in [0.717, 1.165) is 33.9 Å². The second-order valence-electron chi connectivity index (χ2n) is 10.9. The number of amides is 1. The van der Waals surface area contributed by atoms with E-state index in [1.54, 1.807) is 16.3 Å². The van der Waals surface area contributed by atoms with Crippen LogP contribution in [0.4, 0.5) is 0 Å². The molecule has 1 aliphatic rings. The molecule has 11 nitrogen and oxygen atoms in total. The van der Waals surface area contributed by atoms with E-state index in [9.17, 15) is 30.3 Å². The maximum atomic E-state index is 14.1. The van der Waals surface area contributed by atoms with Gasteiger partial charge in [0.05, 0.1) is 35.5 Å². The number of nitrogens with zero attached hydrogens (tertiary/aromatic N) is 3. The molecule has 0 radical (unpaired) electrons. The SMILES string of the molecule is COc1cc2c(cc1CC(C)C)-n1c(-c3cccs3)nc(C(=O)N(C(O)(O)P)C(C)(C)COC(O)(O)O)c1CC2. The first-order valence-corrected chi connectivity index (χ1v) is 14.2. The van der Waals surface area contributed by atoms with Crippen LogP contribution in [0, 0.1) is 5.92 Å². The van der Waals surface area contributed by atoms with Crippen LogP contribution in [0.15, 0.2) is 29.6 Å². The average Bonchev–Trinajstić information content (AvgIpc) is 3.48. The fourth-order valence-corrected chi connectivity index (χ4v) is 6.27. The van der Waals surface area contributed by atoms with E-state index in [1.165, 1.54) is 25.2 Å². The van der Waals surface area contributed by atoms with Crippen LogP contribution >= 0.6 is 20.6 Å². The average molecular weight is 594 g/mol. The summed E-state index contributed by atoms with van der Waals surface area (Å²) in [5.74, 6) is 0.900. The molecule has 1 unspecified atom stereocenters. The highest BCUT2D eigenvalue weighted by molar-refractivity contribution is 7.18. The molecule has 5 N–H and O–H groups in total. The highest BCUT2D eigenvalue weighted by Crippen LogP contribution is 2.40. The molecule has 0 spiro atoms. The number of carbonyl (C=O) groups is 1. The minimum atomic E-state index is -3.47. The van der Waals surface area contributed by atoms with E-state index in [4.69, 9.17) is 9.72 Å². The zero-order valence-electron chi connectivity index (χ0n) is 23.1. The number of hydrogen-bond acceptors (Lipinski definition) is 10. The van der Waals surface area contributed by atoms with Crippen LogP contribution < -0.4 is 4.74 Å². The number of benzene rings is 1. The van der Waals surface area contributed by atoms with Crippen LogP contribution in [0.25, 0.3) is 16.4 Å². The summed E-state index contributed by atoms with van der Waals surface area (Å²) in [4.78, 5) is 20.4. The minimum Gasteiger partial charge on any atom is -0.496 e. The molecule has 1 aromatic carbocycles. The van der Waals surface area contributed by atoms with Gasteiger partial charge in [0.2, 0.25) is 0 Å². The van der Waals surface area contributed by atoms with Gasteiger partial charge >= 0.3 is 6.16 Å². The molecule has 3 aromatic rings. The molecule has 3 heterocycles. The lowest BCUT2D eigenvalue weighted by molar-refractivity contribution is -0.459. The number of hydrogen-bond donors (Lipinski definition) is 5. The summed E-state index contributed by atoms with van der Waals surface area (Å²) in [5.41, 5.74) is -0.773. The molecule has 4 rings (SSSR count). The smallest absolute Gasteiger partial charge is 0.405 e. The van der Waals surface area contributed by atoms with Crippen LogP contribution in [-0.2, 0) is 24.0 Å². The summed E-state index contributed by atoms with van der Waals surface area (Å²) < 4.78 is 12.3. The van der Waals surface area contributed by atoms with Crippen molar-refractivity contribution in [2.75, 3.05) is 13.7 Å². The summed E-state index contributed by atoms with van der Waals surface area (Å²) in [7, 11) is 3.43. The van der Waals surface area contributed by atoms with Crippen molar-refractivity contribution in [1.82, 2.24) is 14.5 Å². The molecule has 2 aromatic heterocycles. The number of aliphatic hydroxyl groups is 5. The zero-order valence-corrected chi connectivity index (χ0v) is 25.1. The molecule has 0 aliphatic carbocycles. The Morgan fingerprint density at radius 1 is 1.20 bits per heavy atom. The molecule has 40 heavy (non-hydrogen) atoms. The number of carbonyl (C=O) groups excluding carboxylic acids is 1. The third-order valence-corrected chi connectivity index (χ3v) is 7.78. The zero-order chi connectivity index (χ0) is 29.6. The number of rotatable bonds is 10. The van der Waals surface area contributed by atoms with Crippen LogP contribution in [0.5, 0.6) is 5.75 Å². The molecule has 0 saturated carbocycles. The molecule has 1 amide bonds. The largest absolute Gasteiger partial charge is 0.496 e. The van der Waals surface area contributed by atoms with Crippen LogP contribution in [0.2, 0.25) is 0 Å². The van der Waals surface area contributed by atoms with Gasteiger partial charge in [0.25, 0.3) is 11.6 Å². The third-order valence-electron chi connectivity index (χ3n) is 6.66. The lowest BCUT2D eigenvalue weighted by Crippen LogP contribution is -2.61. The van der Waals surface area contributed by atoms with Crippen molar-refractivity contribution in [1.29, 1.82) is 0 Å². The Kier molecular flexibility index (Phi) is 8.48. The molecule has 0 saturated heterocycles. The molecule has 1 aliphatic heterocycles. The van der Waals surface area contributed by atoms with E-state index in [2.05, 4.69) is 24.7 Å². The van der Waals surface area contributed by atoms with E-state index in [-0.39, 0.29) is 5.69 Å². The van der Waals surface area contributed by atoms with Gasteiger partial charge in [0.15, 0.2) is 11.5 Å². The molecular formula is C27H36N3O8PS. The minimum absolute atomic E-state index is 0.0153. The fourth-order valence-electron chi connectivity index (χ4n) is 5.10. The first-order chi connectivity index (χ1) is 18.5. The summed E-state index contributed by atoms with van der Waals surface area (Å²) in [5, 5.41) is 50.9. The number of thiophene rings is 1. The van der Waals surface area contributed by atoms with Crippen molar-refractivity contribution in [2.24, 2.45) is 5.92 Å². The van der Waals surface area contributed by atoms with Gasteiger partial charge in [-0.1, -0.05) is 19.9 Å². The first-order valence-electron chi connectivity index (χ1n) is 12.8. The lowest BCUT2D eigenvalue weighted by Gasteiger charge is -2.44. The number of imidazole rings is 1. The topological polar surface area (TPSA) is 158 Å². The Labute approximate surface area is 238 Å². The van der Waals surface area contributed by atoms with Crippen LogP contribution in [0.1, 0.15) is 55.0 Å². The molecule has 1 atom stereocenters. The van der Waals surface area contributed by atoms with E-state index >= 15 is 0 Å². The van der Waals surface area contributed by atoms with Gasteiger partial charge in [-0.25, -0.2) is 4.98 Å². The van der Waals surface area contributed by atoms with Gasteiger partial charge in [-0.2, -0.15) is 0 Å². The van der Waals surface area contributed by atoms with Gasteiger partial charge in [-0.05, 0) is 83.0 Å². The van der Waals surface area contributed by atoms with Crippen molar-refractivity contribution < 1.29 is 39.8 Å². The quantitative estimate of drug-likeness (QED) is 0.176. The Morgan fingerprint density at radius 3 is 2.45 bits per heavy atom.